The number of para-hydroxylation sites is 2. The smallest absolute Gasteiger partial charge is 0.276 e. The maximum atomic E-state index is 12.5. The third kappa shape index (κ3) is 7.62. The Kier molecular flexibility index (Phi) is 9.89. The normalized spacial score (nSPS) is 11.4. The van der Waals surface area contributed by atoms with Crippen LogP contribution in [0.25, 0.3) is 6.08 Å². The van der Waals surface area contributed by atoms with Gasteiger partial charge >= 0.3 is 0 Å². The molecule has 0 aromatic heterocycles. The Morgan fingerprint density at radius 1 is 0.909 bits per heavy atom. The first-order valence-corrected chi connectivity index (χ1v) is 12.0. The summed E-state index contributed by atoms with van der Waals surface area (Å²) in [6.45, 7) is 6.32. The molecule has 0 atom stereocenters. The summed E-state index contributed by atoms with van der Waals surface area (Å²) in [6, 6.07) is 13.1. The van der Waals surface area contributed by atoms with Gasteiger partial charge in [0.05, 0.1) is 11.5 Å². The van der Waals surface area contributed by atoms with Crippen LogP contribution in [0, 0.1) is 0 Å². The van der Waals surface area contributed by atoms with Crippen LogP contribution in [-0.2, 0) is 19.6 Å². The van der Waals surface area contributed by atoms with Gasteiger partial charge in [0.25, 0.3) is 11.8 Å². The Balaban J connectivity index is 1.84. The van der Waals surface area contributed by atoms with Gasteiger partial charge < -0.3 is 9.47 Å². The number of hydrogen-bond acceptors (Lipinski definition) is 6. The van der Waals surface area contributed by atoms with Crippen LogP contribution < -0.4 is 20.3 Å². The topological polar surface area (TPSA) is 114 Å². The van der Waals surface area contributed by atoms with Gasteiger partial charge in [-0.05, 0) is 42.8 Å². The van der Waals surface area contributed by atoms with Crippen molar-refractivity contribution in [3.63, 3.8) is 0 Å². The molecule has 0 radical (unpaired) electrons. The van der Waals surface area contributed by atoms with Crippen LogP contribution in [0.15, 0.2) is 59.5 Å². The highest BCUT2D eigenvalue weighted by molar-refractivity contribution is 7.89. The molecule has 0 unspecified atom stereocenters. The lowest BCUT2D eigenvalue weighted by atomic mass is 10.2. The molecule has 10 heteroatoms. The first-order valence-electron chi connectivity index (χ1n) is 10.5. The SMILES string of the molecule is CCOc1ccccc1OCC(=O)NNC(=O)/C=C/c1ccc(S(=O)(=O)N(CC)CC)cc1. The molecule has 2 aromatic rings. The lowest BCUT2D eigenvalue weighted by molar-refractivity contribution is -0.128. The largest absolute Gasteiger partial charge is 0.490 e. The number of amides is 2. The third-order valence-electron chi connectivity index (χ3n) is 4.48. The predicted octanol–water partition coefficient (Wildman–Crippen LogP) is 2.36. The Bertz CT molecular complexity index is 1060. The Labute approximate surface area is 194 Å². The van der Waals surface area contributed by atoms with E-state index in [2.05, 4.69) is 10.9 Å². The molecule has 2 aromatic carbocycles. The standard InChI is InChI=1S/C23H29N3O6S/c1-4-26(5-2)33(29,30)19-14-11-18(12-15-19)13-16-22(27)24-25-23(28)17-32-21-10-8-7-9-20(21)31-6-3/h7-16H,4-6,17H2,1-3H3,(H,24,27)(H,25,28)/b16-13+. The number of carbonyl (C=O) groups is 2. The van der Waals surface area contributed by atoms with E-state index in [1.54, 1.807) is 50.2 Å². The van der Waals surface area contributed by atoms with E-state index in [-0.39, 0.29) is 11.5 Å². The molecule has 0 bridgehead atoms. The van der Waals surface area contributed by atoms with Crippen molar-refractivity contribution in [2.75, 3.05) is 26.3 Å². The number of hydrogen-bond donors (Lipinski definition) is 2. The van der Waals surface area contributed by atoms with Crippen LogP contribution in [0.5, 0.6) is 11.5 Å². The number of sulfonamides is 1. The number of hydrazine groups is 1. The minimum absolute atomic E-state index is 0.186. The molecule has 0 saturated carbocycles. The van der Waals surface area contributed by atoms with E-state index in [0.717, 1.165) is 0 Å². The molecular weight excluding hydrogens is 446 g/mol. The minimum atomic E-state index is -3.54. The van der Waals surface area contributed by atoms with E-state index in [0.29, 0.717) is 36.8 Å². The Morgan fingerprint density at radius 2 is 1.52 bits per heavy atom. The van der Waals surface area contributed by atoms with Gasteiger partial charge in [0.15, 0.2) is 18.1 Å². The molecule has 0 saturated heterocycles. The summed E-state index contributed by atoms with van der Waals surface area (Å²) in [5.41, 5.74) is 5.14. The molecule has 0 aliphatic carbocycles. The molecule has 0 fully saturated rings. The van der Waals surface area contributed by atoms with Crippen molar-refractivity contribution in [1.29, 1.82) is 0 Å². The van der Waals surface area contributed by atoms with Gasteiger partial charge in [0.1, 0.15) is 0 Å². The van der Waals surface area contributed by atoms with Gasteiger partial charge in [-0.15, -0.1) is 0 Å². The van der Waals surface area contributed by atoms with E-state index < -0.39 is 21.8 Å². The third-order valence-corrected chi connectivity index (χ3v) is 6.55. The number of carbonyl (C=O) groups excluding carboxylic acids is 2. The van der Waals surface area contributed by atoms with E-state index in [1.165, 1.54) is 28.6 Å². The second-order valence-electron chi connectivity index (χ2n) is 6.70. The van der Waals surface area contributed by atoms with Crippen molar-refractivity contribution in [1.82, 2.24) is 15.2 Å². The highest BCUT2D eigenvalue weighted by Crippen LogP contribution is 2.26. The summed E-state index contributed by atoms with van der Waals surface area (Å²) in [4.78, 5) is 24.1. The van der Waals surface area contributed by atoms with Crippen molar-refractivity contribution in [2.45, 2.75) is 25.7 Å². The molecule has 2 rings (SSSR count). The summed E-state index contributed by atoms with van der Waals surface area (Å²) in [6.07, 6.45) is 2.73. The van der Waals surface area contributed by atoms with Crippen LogP contribution >= 0.6 is 0 Å². The Hall–Kier alpha value is -3.37. The number of benzene rings is 2. The van der Waals surface area contributed by atoms with E-state index in [1.807, 2.05) is 6.92 Å². The highest BCUT2D eigenvalue weighted by atomic mass is 32.2. The van der Waals surface area contributed by atoms with Crippen molar-refractivity contribution in [2.24, 2.45) is 0 Å². The zero-order valence-electron chi connectivity index (χ0n) is 18.9. The molecule has 9 nitrogen and oxygen atoms in total. The number of rotatable bonds is 11. The average molecular weight is 476 g/mol. The van der Waals surface area contributed by atoms with Crippen LogP contribution in [-0.4, -0.2) is 50.8 Å². The van der Waals surface area contributed by atoms with Crippen LogP contribution in [0.3, 0.4) is 0 Å². The van der Waals surface area contributed by atoms with Crippen molar-refractivity contribution < 1.29 is 27.5 Å². The van der Waals surface area contributed by atoms with Gasteiger partial charge in [-0.2, -0.15) is 4.31 Å². The predicted molar refractivity (Wildman–Crippen MR) is 125 cm³/mol. The first kappa shape index (κ1) is 25.9. The number of nitrogens with zero attached hydrogens (tertiary/aromatic N) is 1. The molecule has 33 heavy (non-hydrogen) atoms. The zero-order chi connectivity index (χ0) is 24.3. The highest BCUT2D eigenvalue weighted by Gasteiger charge is 2.20. The molecule has 0 spiro atoms. The van der Waals surface area contributed by atoms with Gasteiger partial charge in [-0.25, -0.2) is 8.42 Å². The number of nitrogens with one attached hydrogen (secondary N) is 2. The van der Waals surface area contributed by atoms with Gasteiger partial charge in [0, 0.05) is 19.2 Å². The maximum absolute atomic E-state index is 12.5. The molecule has 2 N–H and O–H groups in total. The van der Waals surface area contributed by atoms with Crippen molar-refractivity contribution in [3.8, 4) is 11.5 Å². The second kappa shape index (κ2) is 12.6. The molecule has 0 aliphatic heterocycles. The second-order valence-corrected chi connectivity index (χ2v) is 8.64. The van der Waals surface area contributed by atoms with Crippen molar-refractivity contribution in [3.05, 3.63) is 60.2 Å². The fraction of sp³-hybridized carbons (Fsp3) is 0.304. The van der Waals surface area contributed by atoms with Crippen LogP contribution in [0.1, 0.15) is 26.3 Å². The molecular formula is C23H29N3O6S. The van der Waals surface area contributed by atoms with Crippen LogP contribution in [0.2, 0.25) is 0 Å². The van der Waals surface area contributed by atoms with E-state index in [9.17, 15) is 18.0 Å². The van der Waals surface area contributed by atoms with Crippen LogP contribution in [0.4, 0.5) is 0 Å². The molecule has 178 valence electrons. The summed E-state index contributed by atoms with van der Waals surface area (Å²) in [5.74, 6) is -0.158. The fourth-order valence-electron chi connectivity index (χ4n) is 2.83. The molecule has 0 heterocycles. The van der Waals surface area contributed by atoms with E-state index >= 15 is 0 Å². The monoisotopic (exact) mass is 475 g/mol. The zero-order valence-corrected chi connectivity index (χ0v) is 19.7. The lowest BCUT2D eigenvalue weighted by Crippen LogP contribution is -2.43. The summed E-state index contributed by atoms with van der Waals surface area (Å²) in [5, 5.41) is 0. The molecule has 0 aliphatic rings. The average Bonchev–Trinajstić information content (AvgIpc) is 2.82. The lowest BCUT2D eigenvalue weighted by Gasteiger charge is -2.18. The quantitative estimate of drug-likeness (QED) is 0.381. The fourth-order valence-corrected chi connectivity index (χ4v) is 4.29. The summed E-state index contributed by atoms with van der Waals surface area (Å²) >= 11 is 0. The van der Waals surface area contributed by atoms with Gasteiger partial charge in [-0.3, -0.25) is 20.4 Å². The summed E-state index contributed by atoms with van der Waals surface area (Å²) < 4.78 is 37.2. The van der Waals surface area contributed by atoms with E-state index in [4.69, 9.17) is 9.47 Å². The number of ether oxygens (including phenoxy) is 2. The van der Waals surface area contributed by atoms with Gasteiger partial charge in [0.2, 0.25) is 10.0 Å². The maximum Gasteiger partial charge on any atom is 0.276 e. The minimum Gasteiger partial charge on any atom is -0.490 e. The molecule has 2 amide bonds. The summed E-state index contributed by atoms with van der Waals surface area (Å²) in [7, 11) is -3.54. The first-order chi connectivity index (χ1) is 15.8. The van der Waals surface area contributed by atoms with Gasteiger partial charge in [-0.1, -0.05) is 38.1 Å². The van der Waals surface area contributed by atoms with Crippen molar-refractivity contribution >= 4 is 27.9 Å². The Morgan fingerprint density at radius 3 is 2.09 bits per heavy atom.